The van der Waals surface area contributed by atoms with Crippen LogP contribution in [0.3, 0.4) is 0 Å². The van der Waals surface area contributed by atoms with E-state index in [1.807, 2.05) is 6.92 Å². The van der Waals surface area contributed by atoms with Crippen LogP contribution in [-0.4, -0.2) is 37.2 Å². The number of nitrogens with one attached hydrogen (secondary N) is 1. The number of aromatic nitrogens is 2. The minimum Gasteiger partial charge on any atom is -0.460 e. The number of thiocarbonyl (C=S) groups is 1. The summed E-state index contributed by atoms with van der Waals surface area (Å²) in [5.41, 5.74) is 0.280. The van der Waals surface area contributed by atoms with Gasteiger partial charge < -0.3 is 9.73 Å². The lowest BCUT2D eigenvalue weighted by molar-refractivity contribution is -0.385. The molecule has 0 bridgehead atoms. The molecule has 3 rings (SSSR count). The highest BCUT2D eigenvalue weighted by atomic mass is 32.1. The second kappa shape index (κ2) is 7.48. The lowest BCUT2D eigenvalue weighted by Crippen LogP contribution is -2.31. The molecule has 1 fully saturated rings. The zero-order chi connectivity index (χ0) is 18.7. The van der Waals surface area contributed by atoms with Gasteiger partial charge in [-0.1, -0.05) is 13.3 Å². The number of carbonyl (C=O) groups excluding carboxylic acids is 1. The molecule has 2 aromatic rings. The number of nitro groups is 1. The molecule has 0 aromatic carbocycles. The normalized spacial score (nSPS) is 15.7. The van der Waals surface area contributed by atoms with Gasteiger partial charge in [0.15, 0.2) is 5.11 Å². The summed E-state index contributed by atoms with van der Waals surface area (Å²) in [6.45, 7) is 2.88. The predicted molar refractivity (Wildman–Crippen MR) is 97.0 cm³/mol. The van der Waals surface area contributed by atoms with E-state index in [2.05, 4.69) is 10.4 Å². The van der Waals surface area contributed by atoms with Crippen LogP contribution in [0.2, 0.25) is 0 Å². The quantitative estimate of drug-likeness (QED) is 0.342. The van der Waals surface area contributed by atoms with Gasteiger partial charge in [0, 0.05) is 12.6 Å². The van der Waals surface area contributed by atoms with E-state index in [0.717, 1.165) is 12.8 Å². The van der Waals surface area contributed by atoms with Crippen molar-refractivity contribution in [2.45, 2.75) is 26.3 Å². The summed E-state index contributed by atoms with van der Waals surface area (Å²) in [7, 11) is 0. The Balaban J connectivity index is 1.69. The Labute approximate surface area is 154 Å². The van der Waals surface area contributed by atoms with Gasteiger partial charge in [-0.15, -0.1) is 0 Å². The van der Waals surface area contributed by atoms with Crippen LogP contribution in [-0.2, 0) is 11.3 Å². The van der Waals surface area contributed by atoms with Gasteiger partial charge in [0.05, 0.1) is 11.5 Å². The molecule has 0 unspecified atom stereocenters. The minimum atomic E-state index is -0.508. The van der Waals surface area contributed by atoms with Crippen molar-refractivity contribution >= 4 is 35.0 Å². The summed E-state index contributed by atoms with van der Waals surface area (Å²) in [5, 5.41) is 17.9. The van der Waals surface area contributed by atoms with Gasteiger partial charge in [0.1, 0.15) is 29.6 Å². The van der Waals surface area contributed by atoms with Gasteiger partial charge in [-0.2, -0.15) is 5.10 Å². The van der Waals surface area contributed by atoms with Crippen molar-refractivity contribution in [2.75, 3.05) is 6.54 Å². The number of unbranched alkanes of at least 4 members (excludes halogenated alkanes) is 1. The van der Waals surface area contributed by atoms with Gasteiger partial charge in [-0.25, -0.2) is 0 Å². The third-order valence-electron chi connectivity index (χ3n) is 3.81. The highest BCUT2D eigenvalue weighted by Gasteiger charge is 2.30. The first kappa shape index (κ1) is 17.8. The van der Waals surface area contributed by atoms with Crippen LogP contribution >= 0.6 is 12.2 Å². The first-order valence-electron chi connectivity index (χ1n) is 8.08. The molecule has 0 aliphatic carbocycles. The molecule has 1 amide bonds. The van der Waals surface area contributed by atoms with Crippen LogP contribution in [0, 0.1) is 10.1 Å². The Kier molecular flexibility index (Phi) is 5.12. The highest BCUT2D eigenvalue weighted by Crippen LogP contribution is 2.18. The first-order chi connectivity index (χ1) is 12.5. The average molecular weight is 375 g/mol. The summed E-state index contributed by atoms with van der Waals surface area (Å²) < 4.78 is 7.07. The van der Waals surface area contributed by atoms with Crippen molar-refractivity contribution in [3.05, 3.63) is 51.9 Å². The van der Waals surface area contributed by atoms with Crippen molar-refractivity contribution in [1.82, 2.24) is 20.0 Å². The van der Waals surface area contributed by atoms with Gasteiger partial charge >= 0.3 is 5.69 Å². The molecule has 3 heterocycles. The van der Waals surface area contributed by atoms with E-state index >= 15 is 0 Å². The maximum atomic E-state index is 12.4. The molecule has 9 nitrogen and oxygen atoms in total. The second-order valence-electron chi connectivity index (χ2n) is 5.76. The lowest BCUT2D eigenvalue weighted by Gasteiger charge is -2.12. The number of rotatable bonds is 7. The topological polar surface area (TPSA) is 106 Å². The Morgan fingerprint density at radius 1 is 1.46 bits per heavy atom. The SMILES string of the molecule is CCCCN1C(=O)/C(=C\c2ccc(Cn3cc([N+](=O)[O-])cn3)o2)NC1=S. The van der Waals surface area contributed by atoms with E-state index in [9.17, 15) is 14.9 Å². The molecule has 2 aromatic heterocycles. The average Bonchev–Trinajstić information content (AvgIpc) is 3.29. The zero-order valence-corrected chi connectivity index (χ0v) is 14.9. The molecule has 0 atom stereocenters. The fourth-order valence-corrected chi connectivity index (χ4v) is 2.77. The fraction of sp³-hybridized carbons (Fsp3) is 0.312. The van der Waals surface area contributed by atoms with E-state index in [4.69, 9.17) is 16.6 Å². The Bertz CT molecular complexity index is 885. The molecular formula is C16H17N5O4S. The van der Waals surface area contributed by atoms with Gasteiger partial charge in [-0.05, 0) is 30.8 Å². The fourth-order valence-electron chi connectivity index (χ4n) is 2.48. The number of carbonyl (C=O) groups is 1. The minimum absolute atomic E-state index is 0.0830. The van der Waals surface area contributed by atoms with Gasteiger partial charge in [-0.3, -0.25) is 24.5 Å². The molecule has 0 saturated carbocycles. The van der Waals surface area contributed by atoms with Crippen LogP contribution in [0.1, 0.15) is 31.3 Å². The molecular weight excluding hydrogens is 358 g/mol. The number of furan rings is 1. The Morgan fingerprint density at radius 3 is 2.96 bits per heavy atom. The van der Waals surface area contributed by atoms with E-state index in [-0.39, 0.29) is 18.1 Å². The maximum absolute atomic E-state index is 12.4. The standard InChI is InChI=1S/C16H17N5O4S/c1-2-3-6-20-15(22)14(18-16(20)26)7-12-4-5-13(25-12)10-19-9-11(8-17-19)21(23)24/h4-5,7-9H,2-3,6,10H2,1H3,(H,18,26)/b14-7+. The third-order valence-corrected chi connectivity index (χ3v) is 4.14. The summed E-state index contributed by atoms with van der Waals surface area (Å²) in [4.78, 5) is 24.1. The summed E-state index contributed by atoms with van der Waals surface area (Å²) in [6, 6.07) is 3.44. The van der Waals surface area contributed by atoms with Crippen molar-refractivity contribution < 1.29 is 14.1 Å². The molecule has 0 spiro atoms. The van der Waals surface area contributed by atoms with Crippen LogP contribution < -0.4 is 5.32 Å². The van der Waals surface area contributed by atoms with Crippen LogP contribution in [0.4, 0.5) is 5.69 Å². The number of hydrogen-bond acceptors (Lipinski definition) is 6. The van der Waals surface area contributed by atoms with Crippen LogP contribution in [0.5, 0.6) is 0 Å². The number of nitrogens with zero attached hydrogens (tertiary/aromatic N) is 4. The van der Waals surface area contributed by atoms with Gasteiger partial charge in [0.2, 0.25) is 0 Å². The number of amides is 1. The Morgan fingerprint density at radius 2 is 2.27 bits per heavy atom. The lowest BCUT2D eigenvalue weighted by atomic mass is 10.3. The van der Waals surface area contributed by atoms with E-state index in [1.54, 1.807) is 18.2 Å². The Hall–Kier alpha value is -3.01. The molecule has 1 aliphatic heterocycles. The summed E-state index contributed by atoms with van der Waals surface area (Å²) in [6.07, 6.45) is 5.95. The summed E-state index contributed by atoms with van der Waals surface area (Å²) in [5.74, 6) is 0.868. The molecule has 10 heteroatoms. The molecule has 1 aliphatic rings. The van der Waals surface area contributed by atoms with E-state index < -0.39 is 4.92 Å². The second-order valence-corrected chi connectivity index (χ2v) is 6.14. The van der Waals surface area contributed by atoms with E-state index in [0.29, 0.717) is 28.9 Å². The van der Waals surface area contributed by atoms with Crippen LogP contribution in [0.15, 0.2) is 34.6 Å². The monoisotopic (exact) mass is 375 g/mol. The zero-order valence-electron chi connectivity index (χ0n) is 14.0. The molecule has 1 N–H and O–H groups in total. The van der Waals surface area contributed by atoms with Crippen molar-refractivity contribution in [3.63, 3.8) is 0 Å². The molecule has 26 heavy (non-hydrogen) atoms. The summed E-state index contributed by atoms with van der Waals surface area (Å²) >= 11 is 5.20. The predicted octanol–water partition coefficient (Wildman–Crippen LogP) is 2.29. The van der Waals surface area contributed by atoms with E-state index in [1.165, 1.54) is 22.0 Å². The van der Waals surface area contributed by atoms with Crippen molar-refractivity contribution in [1.29, 1.82) is 0 Å². The molecule has 1 saturated heterocycles. The molecule has 136 valence electrons. The third kappa shape index (κ3) is 3.80. The van der Waals surface area contributed by atoms with Gasteiger partial charge in [0.25, 0.3) is 5.91 Å². The van der Waals surface area contributed by atoms with Crippen molar-refractivity contribution in [3.8, 4) is 0 Å². The van der Waals surface area contributed by atoms with Crippen LogP contribution in [0.25, 0.3) is 6.08 Å². The number of hydrogen-bond donors (Lipinski definition) is 1. The molecule has 0 radical (unpaired) electrons. The first-order valence-corrected chi connectivity index (χ1v) is 8.49. The maximum Gasteiger partial charge on any atom is 0.307 e. The highest BCUT2D eigenvalue weighted by molar-refractivity contribution is 7.80. The largest absolute Gasteiger partial charge is 0.460 e. The smallest absolute Gasteiger partial charge is 0.307 e. The van der Waals surface area contributed by atoms with Crippen molar-refractivity contribution in [2.24, 2.45) is 0 Å².